The standard InChI is InChI=1S/C14H12N2O/c1-9-6-10(15-8-9)7-13-14(17)11-4-2-3-5-12(11)16-13/h2-8,15-16H,1H3. The highest BCUT2D eigenvalue weighted by Gasteiger charge is 2.23. The van der Waals surface area contributed by atoms with Gasteiger partial charge in [-0.15, -0.1) is 0 Å². The van der Waals surface area contributed by atoms with Crippen molar-refractivity contribution in [3.8, 4) is 0 Å². The largest absolute Gasteiger partial charge is 0.361 e. The number of aromatic nitrogens is 1. The van der Waals surface area contributed by atoms with Crippen LogP contribution in [0.25, 0.3) is 6.08 Å². The fourth-order valence-corrected chi connectivity index (χ4v) is 2.00. The van der Waals surface area contributed by atoms with E-state index in [2.05, 4.69) is 10.3 Å². The first kappa shape index (κ1) is 9.90. The predicted octanol–water partition coefficient (Wildman–Crippen LogP) is 2.97. The van der Waals surface area contributed by atoms with Crippen LogP contribution >= 0.6 is 0 Å². The van der Waals surface area contributed by atoms with Crippen molar-refractivity contribution in [2.45, 2.75) is 6.92 Å². The molecule has 0 atom stereocenters. The van der Waals surface area contributed by atoms with Crippen LogP contribution in [-0.2, 0) is 0 Å². The van der Waals surface area contributed by atoms with Gasteiger partial charge in [0.15, 0.2) is 0 Å². The molecular weight excluding hydrogens is 212 g/mol. The number of rotatable bonds is 1. The Hall–Kier alpha value is -2.29. The summed E-state index contributed by atoms with van der Waals surface area (Å²) < 4.78 is 0. The van der Waals surface area contributed by atoms with Crippen molar-refractivity contribution in [1.82, 2.24) is 4.98 Å². The van der Waals surface area contributed by atoms with Crippen LogP contribution < -0.4 is 5.32 Å². The van der Waals surface area contributed by atoms with Gasteiger partial charge in [-0.05, 0) is 36.8 Å². The number of ketones is 1. The van der Waals surface area contributed by atoms with E-state index in [9.17, 15) is 4.79 Å². The van der Waals surface area contributed by atoms with Gasteiger partial charge >= 0.3 is 0 Å². The van der Waals surface area contributed by atoms with E-state index in [1.54, 1.807) is 0 Å². The van der Waals surface area contributed by atoms with Crippen LogP contribution in [0.3, 0.4) is 0 Å². The lowest BCUT2D eigenvalue weighted by Gasteiger charge is -1.96. The molecule has 0 unspecified atom stereocenters. The van der Waals surface area contributed by atoms with Crippen molar-refractivity contribution < 1.29 is 4.79 Å². The van der Waals surface area contributed by atoms with Gasteiger partial charge < -0.3 is 10.3 Å². The number of fused-ring (bicyclic) bond motifs is 1. The van der Waals surface area contributed by atoms with Gasteiger partial charge in [0.2, 0.25) is 5.78 Å². The predicted molar refractivity (Wildman–Crippen MR) is 67.9 cm³/mol. The molecule has 0 radical (unpaired) electrons. The van der Waals surface area contributed by atoms with Gasteiger partial charge in [0.1, 0.15) is 0 Å². The fourth-order valence-electron chi connectivity index (χ4n) is 2.00. The molecule has 17 heavy (non-hydrogen) atoms. The number of nitrogens with one attached hydrogen (secondary N) is 2. The second kappa shape index (κ2) is 3.63. The van der Waals surface area contributed by atoms with Gasteiger partial charge in [-0.25, -0.2) is 0 Å². The third kappa shape index (κ3) is 1.65. The Morgan fingerprint density at radius 1 is 1.24 bits per heavy atom. The molecule has 0 amide bonds. The maximum Gasteiger partial charge on any atom is 0.211 e. The van der Waals surface area contributed by atoms with Crippen LogP contribution in [0.5, 0.6) is 0 Å². The minimum absolute atomic E-state index is 0.0489. The van der Waals surface area contributed by atoms with E-state index in [0.29, 0.717) is 5.70 Å². The molecule has 3 heteroatoms. The molecule has 0 aliphatic carbocycles. The molecule has 3 nitrogen and oxygen atoms in total. The van der Waals surface area contributed by atoms with Crippen molar-refractivity contribution in [1.29, 1.82) is 0 Å². The zero-order chi connectivity index (χ0) is 11.8. The number of carbonyl (C=O) groups excluding carboxylic acids is 1. The summed E-state index contributed by atoms with van der Waals surface area (Å²) in [5.74, 6) is 0.0489. The molecule has 1 aliphatic rings. The zero-order valence-electron chi connectivity index (χ0n) is 9.45. The first-order chi connectivity index (χ1) is 8.24. The molecule has 0 saturated heterocycles. The lowest BCUT2D eigenvalue weighted by Crippen LogP contribution is -1.99. The lowest BCUT2D eigenvalue weighted by molar-refractivity contribution is 0.104. The number of anilines is 1. The number of aryl methyl sites for hydroxylation is 1. The third-order valence-corrected chi connectivity index (χ3v) is 2.84. The normalized spacial score (nSPS) is 16.1. The van der Waals surface area contributed by atoms with Crippen LogP contribution in [0.4, 0.5) is 5.69 Å². The highest BCUT2D eigenvalue weighted by Crippen LogP contribution is 2.28. The van der Waals surface area contributed by atoms with E-state index in [-0.39, 0.29) is 5.78 Å². The molecule has 0 saturated carbocycles. The highest BCUT2D eigenvalue weighted by atomic mass is 16.1. The summed E-state index contributed by atoms with van der Waals surface area (Å²) in [5, 5.41) is 3.13. The number of para-hydroxylation sites is 1. The van der Waals surface area contributed by atoms with Crippen molar-refractivity contribution >= 4 is 17.5 Å². The molecule has 1 aromatic heterocycles. The Morgan fingerprint density at radius 2 is 2.06 bits per heavy atom. The average Bonchev–Trinajstić information content (AvgIpc) is 2.86. The van der Waals surface area contributed by atoms with E-state index < -0.39 is 0 Å². The smallest absolute Gasteiger partial charge is 0.211 e. The molecule has 0 spiro atoms. The third-order valence-electron chi connectivity index (χ3n) is 2.84. The molecular formula is C14H12N2O. The topological polar surface area (TPSA) is 44.9 Å². The zero-order valence-corrected chi connectivity index (χ0v) is 9.45. The maximum absolute atomic E-state index is 12.1. The number of Topliss-reactive ketones (excluding diaryl/α,β-unsaturated/α-hetero) is 1. The summed E-state index contributed by atoms with van der Waals surface area (Å²) in [7, 11) is 0. The van der Waals surface area contributed by atoms with Crippen molar-refractivity contribution in [3.05, 3.63) is 59.0 Å². The van der Waals surface area contributed by atoms with Gasteiger partial charge in [0.05, 0.1) is 5.70 Å². The first-order valence-electron chi connectivity index (χ1n) is 5.51. The van der Waals surface area contributed by atoms with Crippen LogP contribution in [0.2, 0.25) is 0 Å². The van der Waals surface area contributed by atoms with E-state index in [4.69, 9.17) is 0 Å². The molecule has 1 aromatic carbocycles. The molecule has 1 aliphatic heterocycles. The summed E-state index contributed by atoms with van der Waals surface area (Å²) in [5.41, 5.74) is 4.33. The Morgan fingerprint density at radius 3 is 2.76 bits per heavy atom. The molecule has 2 N–H and O–H groups in total. The summed E-state index contributed by atoms with van der Waals surface area (Å²) >= 11 is 0. The van der Waals surface area contributed by atoms with E-state index >= 15 is 0 Å². The van der Waals surface area contributed by atoms with Crippen molar-refractivity contribution in [3.63, 3.8) is 0 Å². The van der Waals surface area contributed by atoms with Gasteiger partial charge in [0, 0.05) is 23.1 Å². The lowest BCUT2D eigenvalue weighted by atomic mass is 10.1. The van der Waals surface area contributed by atoms with Gasteiger partial charge in [-0.3, -0.25) is 4.79 Å². The quantitative estimate of drug-likeness (QED) is 0.731. The van der Waals surface area contributed by atoms with Crippen LogP contribution in [0, 0.1) is 6.92 Å². The summed E-state index contributed by atoms with van der Waals surface area (Å²) in [6.45, 7) is 2.01. The minimum Gasteiger partial charge on any atom is -0.361 e. The van der Waals surface area contributed by atoms with E-state index in [0.717, 1.165) is 22.5 Å². The molecule has 2 heterocycles. The highest BCUT2D eigenvalue weighted by molar-refractivity contribution is 6.20. The first-order valence-corrected chi connectivity index (χ1v) is 5.51. The maximum atomic E-state index is 12.1. The second-order valence-corrected chi connectivity index (χ2v) is 4.19. The Kier molecular flexibility index (Phi) is 2.11. The van der Waals surface area contributed by atoms with E-state index in [1.807, 2.05) is 49.5 Å². The van der Waals surface area contributed by atoms with Gasteiger partial charge in [0.25, 0.3) is 0 Å². The fraction of sp³-hybridized carbons (Fsp3) is 0.0714. The Bertz CT molecular complexity index is 623. The monoisotopic (exact) mass is 224 g/mol. The Balaban J connectivity index is 1.99. The molecule has 84 valence electrons. The van der Waals surface area contributed by atoms with Crippen molar-refractivity contribution in [2.24, 2.45) is 0 Å². The number of H-pyrrole nitrogens is 1. The second-order valence-electron chi connectivity index (χ2n) is 4.19. The number of allylic oxidation sites excluding steroid dienone is 1. The number of carbonyl (C=O) groups is 1. The number of hydrogen-bond donors (Lipinski definition) is 2. The van der Waals surface area contributed by atoms with Crippen LogP contribution in [0.1, 0.15) is 21.6 Å². The number of aromatic amines is 1. The number of hydrogen-bond acceptors (Lipinski definition) is 2. The van der Waals surface area contributed by atoms with Crippen LogP contribution in [-0.4, -0.2) is 10.8 Å². The summed E-state index contributed by atoms with van der Waals surface area (Å²) in [6, 6.07) is 9.55. The average molecular weight is 224 g/mol. The Labute approximate surface area is 99.2 Å². The molecule has 2 aromatic rings. The van der Waals surface area contributed by atoms with Gasteiger partial charge in [-0.2, -0.15) is 0 Å². The SMILES string of the molecule is Cc1c[nH]c(C=C2Nc3ccccc3C2=O)c1. The van der Waals surface area contributed by atoms with Crippen molar-refractivity contribution in [2.75, 3.05) is 5.32 Å². The van der Waals surface area contributed by atoms with Gasteiger partial charge in [-0.1, -0.05) is 12.1 Å². The molecule has 0 fully saturated rings. The van der Waals surface area contributed by atoms with Crippen LogP contribution in [0.15, 0.2) is 42.2 Å². The number of benzene rings is 1. The molecule has 3 rings (SSSR count). The summed E-state index contributed by atoms with van der Waals surface area (Å²) in [4.78, 5) is 15.2. The molecule has 0 bridgehead atoms. The minimum atomic E-state index is 0.0489. The summed E-state index contributed by atoms with van der Waals surface area (Å²) in [6.07, 6.45) is 3.76. The van der Waals surface area contributed by atoms with E-state index in [1.165, 1.54) is 0 Å².